The molecule has 0 aromatic heterocycles. The second-order valence-electron chi connectivity index (χ2n) is 19.3. The molecule has 4 aliphatic heterocycles. The number of hydrogen-bond donors (Lipinski definition) is 16. The first kappa shape index (κ1) is 60.4. The van der Waals surface area contributed by atoms with Gasteiger partial charge in [0, 0.05) is 54.7 Å². The summed E-state index contributed by atoms with van der Waals surface area (Å²) in [5.74, 6) is -12.0. The summed E-state index contributed by atoms with van der Waals surface area (Å²) in [5, 5.41) is 146. The van der Waals surface area contributed by atoms with Crippen molar-refractivity contribution < 1.29 is 128 Å². The van der Waals surface area contributed by atoms with Crippen molar-refractivity contribution in [3.63, 3.8) is 0 Å². The number of carboxylic acids is 2. The Bertz CT molecular complexity index is 1800. The van der Waals surface area contributed by atoms with Crippen LogP contribution >= 0.6 is 0 Å². The van der Waals surface area contributed by atoms with Crippen molar-refractivity contribution in [3.8, 4) is 0 Å². The molecule has 30 heteroatoms. The molecular weight excluding hydrogens is 979 g/mol. The largest absolute Gasteiger partial charge is 0.477 e. The van der Waals surface area contributed by atoms with Crippen molar-refractivity contribution in [1.29, 1.82) is 0 Å². The average molecular weight is 1050 g/mol. The monoisotopic (exact) mass is 1050 g/mol. The molecule has 3 amide bonds. The summed E-state index contributed by atoms with van der Waals surface area (Å²) in [4.78, 5) is 62.9. The fourth-order valence-electron chi connectivity index (χ4n) is 8.63. The van der Waals surface area contributed by atoms with E-state index in [9.17, 15) is 90.4 Å². The van der Waals surface area contributed by atoms with Crippen LogP contribution in [0.15, 0.2) is 0 Å². The van der Waals surface area contributed by atoms with Gasteiger partial charge in [-0.05, 0) is 6.04 Å². The number of carbonyl (C=O) groups is 5. The molecule has 4 fully saturated rings. The van der Waals surface area contributed by atoms with Gasteiger partial charge in [-0.1, -0.05) is 19.6 Å². The van der Waals surface area contributed by atoms with E-state index < -0.39 is 211 Å². The molecule has 0 radical (unpaired) electrons. The molecule has 0 aliphatic carbocycles. The van der Waals surface area contributed by atoms with Crippen LogP contribution in [0.2, 0.25) is 25.7 Å². The lowest BCUT2D eigenvalue weighted by Gasteiger charge is -2.50. The van der Waals surface area contributed by atoms with Crippen molar-refractivity contribution in [2.24, 2.45) is 0 Å². The fourth-order valence-corrected chi connectivity index (χ4v) is 9.36. The molecule has 0 spiro atoms. The van der Waals surface area contributed by atoms with E-state index in [2.05, 4.69) is 16.0 Å². The Morgan fingerprint density at radius 1 is 0.690 bits per heavy atom. The predicted octanol–water partition coefficient (Wildman–Crippen LogP) is -7.51. The quantitative estimate of drug-likeness (QED) is 0.0423. The van der Waals surface area contributed by atoms with E-state index in [1.54, 1.807) is 0 Å². The van der Waals surface area contributed by atoms with Crippen LogP contribution in [0.1, 0.15) is 40.0 Å². The van der Waals surface area contributed by atoms with Crippen LogP contribution in [0.3, 0.4) is 0 Å². The molecule has 4 heterocycles. The Labute approximate surface area is 407 Å². The second kappa shape index (κ2) is 25.4. The Morgan fingerprint density at radius 2 is 1.17 bits per heavy atom. The van der Waals surface area contributed by atoms with Gasteiger partial charge in [0.15, 0.2) is 12.6 Å². The van der Waals surface area contributed by atoms with Crippen molar-refractivity contribution >= 4 is 37.7 Å². The Morgan fingerprint density at radius 3 is 1.62 bits per heavy atom. The third kappa shape index (κ3) is 15.0. The number of carboxylic acid groups (broad SMARTS) is 2. The predicted molar refractivity (Wildman–Crippen MR) is 234 cm³/mol. The lowest BCUT2D eigenvalue weighted by Crippen LogP contribution is -2.70. The first-order valence-corrected chi connectivity index (χ1v) is 26.5. The zero-order valence-electron chi connectivity index (χ0n) is 40.0. The second-order valence-corrected chi connectivity index (χ2v) is 24.9. The number of hydrogen-bond acceptors (Lipinski definition) is 24. The number of aliphatic hydroxyl groups is 11. The minimum atomic E-state index is -3.12. The maximum Gasteiger partial charge on any atom is 0.364 e. The molecule has 0 aromatic carbocycles. The van der Waals surface area contributed by atoms with E-state index in [4.69, 9.17) is 37.9 Å². The van der Waals surface area contributed by atoms with Crippen LogP contribution in [0.4, 0.5) is 0 Å². The third-order valence-corrected chi connectivity index (χ3v) is 14.1. The highest BCUT2D eigenvalue weighted by Gasteiger charge is 2.61. The number of aliphatic carboxylic acids is 2. The molecular formula is C41H71N3O26Si. The highest BCUT2D eigenvalue weighted by molar-refractivity contribution is 6.76. The van der Waals surface area contributed by atoms with Crippen LogP contribution in [-0.2, 0) is 61.9 Å². The van der Waals surface area contributed by atoms with Crippen molar-refractivity contribution in [1.82, 2.24) is 16.0 Å². The van der Waals surface area contributed by atoms with Crippen molar-refractivity contribution in [2.45, 2.75) is 193 Å². The number of rotatable bonds is 23. The maximum absolute atomic E-state index is 13.1. The summed E-state index contributed by atoms with van der Waals surface area (Å²) in [5.41, 5.74) is 0. The molecule has 0 aromatic rings. The lowest BCUT2D eigenvalue weighted by atomic mass is 9.88. The van der Waals surface area contributed by atoms with Gasteiger partial charge < -0.3 is 120 Å². The van der Waals surface area contributed by atoms with Crippen molar-refractivity contribution in [2.75, 3.05) is 33.0 Å². The van der Waals surface area contributed by atoms with Crippen LogP contribution in [-0.4, -0.2) is 265 Å². The molecule has 71 heavy (non-hydrogen) atoms. The van der Waals surface area contributed by atoms with E-state index in [1.165, 1.54) is 0 Å². The Hall–Kier alpha value is -3.19. The van der Waals surface area contributed by atoms with Gasteiger partial charge in [0.05, 0.1) is 62.9 Å². The summed E-state index contributed by atoms with van der Waals surface area (Å²) in [6, 6.07) is -3.90. The topological polar surface area (TPSA) is 458 Å². The minimum absolute atomic E-state index is 0.0383. The molecule has 0 unspecified atom stereocenters. The normalized spacial score (nSPS) is 38.5. The Kier molecular flexibility index (Phi) is 21.6. The van der Waals surface area contributed by atoms with Crippen molar-refractivity contribution in [3.05, 3.63) is 0 Å². The fraction of sp³-hybridized carbons (Fsp3) is 0.878. The van der Waals surface area contributed by atoms with E-state index in [0.717, 1.165) is 20.8 Å². The molecule has 21 atom stereocenters. The van der Waals surface area contributed by atoms with E-state index in [-0.39, 0.29) is 6.61 Å². The molecule has 4 rings (SSSR count). The summed E-state index contributed by atoms with van der Waals surface area (Å²) < 4.78 is 47.4. The molecule has 16 N–H and O–H groups in total. The zero-order chi connectivity index (χ0) is 53.5. The van der Waals surface area contributed by atoms with Gasteiger partial charge in [-0.2, -0.15) is 0 Å². The molecule has 4 aliphatic rings. The van der Waals surface area contributed by atoms with Gasteiger partial charge in [-0.25, -0.2) is 9.59 Å². The maximum atomic E-state index is 13.1. The number of carbonyl (C=O) groups excluding carboxylic acids is 3. The summed E-state index contributed by atoms with van der Waals surface area (Å²) >= 11 is 0. The molecule has 29 nitrogen and oxygen atoms in total. The van der Waals surface area contributed by atoms with Gasteiger partial charge in [0.1, 0.15) is 67.1 Å². The number of aliphatic hydroxyl groups excluding tert-OH is 11. The minimum Gasteiger partial charge on any atom is -0.477 e. The Balaban J connectivity index is 1.72. The smallest absolute Gasteiger partial charge is 0.364 e. The molecule has 410 valence electrons. The first-order valence-electron chi connectivity index (χ1n) is 22.8. The molecule has 4 saturated heterocycles. The number of amides is 3. The highest BCUT2D eigenvalue weighted by Crippen LogP contribution is 2.39. The van der Waals surface area contributed by atoms with Crippen LogP contribution in [0.25, 0.3) is 0 Å². The van der Waals surface area contributed by atoms with Gasteiger partial charge in [0.2, 0.25) is 17.7 Å². The van der Waals surface area contributed by atoms with Gasteiger partial charge in [-0.3, -0.25) is 14.4 Å². The van der Waals surface area contributed by atoms with Gasteiger partial charge in [0.25, 0.3) is 11.6 Å². The molecule has 0 saturated carbocycles. The lowest BCUT2D eigenvalue weighted by molar-refractivity contribution is -0.377. The standard InChI is InChI=1S/C41H71N3O26Si/c1-16(48)42-26-20(51)10-40(38(59)60,68-33(26)29(55)22(53)12-45)64-15-19-9-24(28(44-18(3)50)36(65-19)63-7-8-71(4,5)6)66-37-32(58)35(31(57)25(14-47)67-37)70-41(39(61)62)11-21(52)27(43-17(2)49)34(69-41)30(56)23(54)13-46/h19-37,45-47,51-58H,7-15H2,1-6H3,(H,42,48)(H,43,49)(H,44,50)(H,59,60)(H,61,62)/t19-,20-,21-,22+,23+,24-,25+,26+,27+,28+,29+,30-,31-,32+,33+,34+,35-,36+,37+,40+,41-/m0/s1. The first-order chi connectivity index (χ1) is 33.0. The van der Waals surface area contributed by atoms with Crippen LogP contribution in [0, 0.1) is 0 Å². The number of nitrogens with one attached hydrogen (secondary N) is 3. The van der Waals surface area contributed by atoms with E-state index in [0.29, 0.717) is 6.04 Å². The summed E-state index contributed by atoms with van der Waals surface area (Å²) in [6.07, 6.45) is -32.9. The van der Waals surface area contributed by atoms with E-state index in [1.807, 2.05) is 19.6 Å². The highest BCUT2D eigenvalue weighted by atomic mass is 28.3. The van der Waals surface area contributed by atoms with Crippen LogP contribution < -0.4 is 16.0 Å². The number of ether oxygens (including phenoxy) is 8. The van der Waals surface area contributed by atoms with E-state index >= 15 is 0 Å². The summed E-state index contributed by atoms with van der Waals surface area (Å²) in [6.45, 7) is 5.43. The summed E-state index contributed by atoms with van der Waals surface area (Å²) in [7, 11) is -1.82. The zero-order valence-corrected chi connectivity index (χ0v) is 41.0. The van der Waals surface area contributed by atoms with Gasteiger partial charge in [-0.15, -0.1) is 0 Å². The van der Waals surface area contributed by atoms with Crippen LogP contribution in [0.5, 0.6) is 0 Å². The third-order valence-electron chi connectivity index (χ3n) is 12.4. The molecule has 0 bridgehead atoms. The SMILES string of the molecule is CC(=O)N[C@H]1[C@H](OCC[Si](C)(C)C)O[C@H](CO[C@]2(C(=O)O)C[C@H](O)[C@@H](NC(C)=O)[C@H]([C@H](O)[C@H](O)CO)O2)C[C@@H]1O[C@@H]1O[C@H](CO)[C@H](O)[C@H](O[C@]2(C(=O)O)C[C@H](O)[C@@H](NC(C)=O)[C@H]([C@@H](O)[C@H](O)CO)O2)[C@H]1O. The van der Waals surface area contributed by atoms with Gasteiger partial charge >= 0.3 is 11.9 Å². The average Bonchev–Trinajstić information content (AvgIpc) is 3.28.